The maximum atomic E-state index is 8.31. The lowest BCUT2D eigenvalue weighted by Gasteiger charge is -1.95. The zero-order chi connectivity index (χ0) is 9.52. The number of nitrogens with zero attached hydrogens (tertiary/aromatic N) is 1. The van der Waals surface area contributed by atoms with E-state index in [9.17, 15) is 0 Å². The lowest BCUT2D eigenvalue weighted by atomic mass is 10.1. The molecule has 0 N–H and O–H groups in total. The fourth-order valence-electron chi connectivity index (χ4n) is 0.966. The minimum atomic E-state index is 0.456. The smallest absolute Gasteiger partial charge is 0.0663 e. The van der Waals surface area contributed by atoms with E-state index in [0.717, 1.165) is 11.1 Å². The normalized spacial score (nSPS) is 10.2. The summed E-state index contributed by atoms with van der Waals surface area (Å²) in [6, 6.07) is 10.0. The topological polar surface area (TPSA) is 23.8 Å². The predicted octanol–water partition coefficient (Wildman–Crippen LogP) is 3.35. The standard InChI is InChI=1S/C11H10ClN/c12-9-11-6-4-10(5-7-11)3-1-2-8-13/h1,3-7H,2,9H2. The van der Waals surface area contributed by atoms with Crippen LogP contribution in [0.25, 0.3) is 6.08 Å². The summed E-state index contributed by atoms with van der Waals surface area (Å²) < 4.78 is 0. The van der Waals surface area contributed by atoms with Gasteiger partial charge in [-0.3, -0.25) is 0 Å². The van der Waals surface area contributed by atoms with Crippen molar-refractivity contribution in [1.29, 1.82) is 5.26 Å². The van der Waals surface area contributed by atoms with Crippen LogP contribution in [0.4, 0.5) is 0 Å². The zero-order valence-electron chi connectivity index (χ0n) is 7.20. The van der Waals surface area contributed by atoms with Crippen LogP contribution >= 0.6 is 11.6 Å². The van der Waals surface area contributed by atoms with Crippen molar-refractivity contribution in [3.05, 3.63) is 41.5 Å². The van der Waals surface area contributed by atoms with Crippen LogP contribution in [0, 0.1) is 11.3 Å². The Morgan fingerprint density at radius 2 is 2.00 bits per heavy atom. The van der Waals surface area contributed by atoms with Crippen molar-refractivity contribution in [2.75, 3.05) is 0 Å². The van der Waals surface area contributed by atoms with Crippen molar-refractivity contribution in [3.8, 4) is 6.07 Å². The monoisotopic (exact) mass is 191 g/mol. The van der Waals surface area contributed by atoms with E-state index in [2.05, 4.69) is 6.07 Å². The molecule has 0 unspecified atom stereocenters. The predicted molar refractivity (Wildman–Crippen MR) is 55.3 cm³/mol. The van der Waals surface area contributed by atoms with Crippen LogP contribution in [0.5, 0.6) is 0 Å². The molecule has 0 amide bonds. The Labute approximate surface area is 83.3 Å². The maximum Gasteiger partial charge on any atom is 0.0663 e. The van der Waals surface area contributed by atoms with Gasteiger partial charge in [0.2, 0.25) is 0 Å². The van der Waals surface area contributed by atoms with Crippen molar-refractivity contribution < 1.29 is 0 Å². The summed E-state index contributed by atoms with van der Waals surface area (Å²) in [6.07, 6.45) is 4.23. The lowest BCUT2D eigenvalue weighted by molar-refractivity contribution is 1.36. The van der Waals surface area contributed by atoms with Crippen LogP contribution in [-0.2, 0) is 5.88 Å². The number of benzene rings is 1. The maximum absolute atomic E-state index is 8.31. The second-order valence-electron chi connectivity index (χ2n) is 2.64. The lowest BCUT2D eigenvalue weighted by Crippen LogP contribution is -1.77. The molecule has 1 rings (SSSR count). The van der Waals surface area contributed by atoms with Crippen LogP contribution in [0.2, 0.25) is 0 Å². The van der Waals surface area contributed by atoms with E-state index in [1.165, 1.54) is 0 Å². The van der Waals surface area contributed by atoms with Crippen LogP contribution < -0.4 is 0 Å². The Bertz CT molecular complexity index is 319. The van der Waals surface area contributed by atoms with E-state index >= 15 is 0 Å². The molecule has 0 atom stereocenters. The summed E-state index contributed by atoms with van der Waals surface area (Å²) in [5.74, 6) is 0.544. The van der Waals surface area contributed by atoms with Gasteiger partial charge in [0.05, 0.1) is 12.5 Å². The van der Waals surface area contributed by atoms with Gasteiger partial charge in [0, 0.05) is 5.88 Å². The number of halogens is 1. The Morgan fingerprint density at radius 3 is 2.54 bits per heavy atom. The second-order valence-corrected chi connectivity index (χ2v) is 2.91. The van der Waals surface area contributed by atoms with E-state index in [1.54, 1.807) is 0 Å². The first-order chi connectivity index (χ1) is 6.36. The van der Waals surface area contributed by atoms with Gasteiger partial charge in [-0.05, 0) is 11.1 Å². The van der Waals surface area contributed by atoms with Gasteiger partial charge in [-0.2, -0.15) is 5.26 Å². The van der Waals surface area contributed by atoms with Crippen molar-refractivity contribution in [2.24, 2.45) is 0 Å². The average molecular weight is 192 g/mol. The van der Waals surface area contributed by atoms with Gasteiger partial charge < -0.3 is 0 Å². The second kappa shape index (κ2) is 5.40. The number of nitriles is 1. The third kappa shape index (κ3) is 3.31. The molecule has 0 fully saturated rings. The Kier molecular flexibility index (Phi) is 4.08. The summed E-state index contributed by atoms with van der Waals surface area (Å²) >= 11 is 5.64. The highest BCUT2D eigenvalue weighted by molar-refractivity contribution is 6.17. The highest BCUT2D eigenvalue weighted by Crippen LogP contribution is 2.08. The third-order valence-electron chi connectivity index (χ3n) is 1.65. The molecule has 13 heavy (non-hydrogen) atoms. The highest BCUT2D eigenvalue weighted by atomic mass is 35.5. The van der Waals surface area contributed by atoms with E-state index < -0.39 is 0 Å². The molecule has 1 nitrogen and oxygen atoms in total. The van der Waals surface area contributed by atoms with Crippen molar-refractivity contribution in [2.45, 2.75) is 12.3 Å². The quantitative estimate of drug-likeness (QED) is 0.673. The van der Waals surface area contributed by atoms with Gasteiger partial charge in [0.15, 0.2) is 0 Å². The molecule has 1 aromatic carbocycles. The number of hydrogen-bond donors (Lipinski definition) is 0. The molecule has 2 heteroatoms. The highest BCUT2D eigenvalue weighted by Gasteiger charge is 1.88. The Hall–Kier alpha value is -1.26. The molecule has 0 heterocycles. The average Bonchev–Trinajstić information content (AvgIpc) is 2.19. The SMILES string of the molecule is N#CCC=Cc1ccc(CCl)cc1. The number of allylic oxidation sites excluding steroid dienone is 1. The molecule has 0 saturated carbocycles. The number of rotatable bonds is 3. The van der Waals surface area contributed by atoms with Gasteiger partial charge in [-0.25, -0.2) is 0 Å². The van der Waals surface area contributed by atoms with Gasteiger partial charge in [-0.15, -0.1) is 11.6 Å². The van der Waals surface area contributed by atoms with Gasteiger partial charge in [0.1, 0.15) is 0 Å². The first-order valence-corrected chi connectivity index (χ1v) is 4.58. The van der Waals surface area contributed by atoms with Gasteiger partial charge >= 0.3 is 0 Å². The molecular formula is C11H10ClN. The summed E-state index contributed by atoms with van der Waals surface area (Å²) in [5.41, 5.74) is 2.21. The number of hydrogen-bond acceptors (Lipinski definition) is 1. The molecule has 0 aliphatic rings. The fourth-order valence-corrected chi connectivity index (χ4v) is 1.14. The summed E-state index contributed by atoms with van der Waals surface area (Å²) in [7, 11) is 0. The molecule has 1 aromatic rings. The van der Waals surface area contributed by atoms with Crippen LogP contribution in [-0.4, -0.2) is 0 Å². The van der Waals surface area contributed by atoms with Crippen LogP contribution in [0.3, 0.4) is 0 Å². The molecule has 66 valence electrons. The molecule has 0 bridgehead atoms. The van der Waals surface area contributed by atoms with Gasteiger partial charge in [0.25, 0.3) is 0 Å². The van der Waals surface area contributed by atoms with Crippen molar-refractivity contribution >= 4 is 17.7 Å². The van der Waals surface area contributed by atoms with E-state index in [0.29, 0.717) is 12.3 Å². The fraction of sp³-hybridized carbons (Fsp3) is 0.182. The summed E-state index contributed by atoms with van der Waals surface area (Å²) in [6.45, 7) is 0. The largest absolute Gasteiger partial charge is 0.198 e. The molecular weight excluding hydrogens is 182 g/mol. The van der Waals surface area contributed by atoms with Crippen LogP contribution in [0.15, 0.2) is 30.3 Å². The third-order valence-corrected chi connectivity index (χ3v) is 1.96. The van der Waals surface area contributed by atoms with E-state index in [1.807, 2.05) is 36.4 Å². The van der Waals surface area contributed by atoms with Crippen LogP contribution in [0.1, 0.15) is 17.5 Å². The van der Waals surface area contributed by atoms with Gasteiger partial charge in [-0.1, -0.05) is 36.4 Å². The van der Waals surface area contributed by atoms with E-state index in [4.69, 9.17) is 16.9 Å². The molecule has 0 saturated heterocycles. The molecule has 0 aromatic heterocycles. The van der Waals surface area contributed by atoms with E-state index in [-0.39, 0.29) is 0 Å². The minimum absolute atomic E-state index is 0.456. The molecule has 0 aliphatic carbocycles. The number of alkyl halides is 1. The molecule has 0 spiro atoms. The minimum Gasteiger partial charge on any atom is -0.198 e. The first kappa shape index (κ1) is 9.83. The summed E-state index contributed by atoms with van der Waals surface area (Å²) in [5, 5.41) is 8.31. The Morgan fingerprint density at radius 1 is 1.31 bits per heavy atom. The Balaban J connectivity index is 2.65. The van der Waals surface area contributed by atoms with Crippen molar-refractivity contribution in [1.82, 2.24) is 0 Å². The zero-order valence-corrected chi connectivity index (χ0v) is 7.96. The summed E-state index contributed by atoms with van der Waals surface area (Å²) in [4.78, 5) is 0. The van der Waals surface area contributed by atoms with Crippen molar-refractivity contribution in [3.63, 3.8) is 0 Å². The first-order valence-electron chi connectivity index (χ1n) is 4.05. The molecule has 0 aliphatic heterocycles. The molecule has 0 radical (unpaired) electrons.